The van der Waals surface area contributed by atoms with E-state index >= 15 is 0 Å². The second-order valence-electron chi connectivity index (χ2n) is 5.73. The van der Waals surface area contributed by atoms with Gasteiger partial charge in [-0.1, -0.05) is 46.5 Å². The third-order valence-electron chi connectivity index (χ3n) is 3.40. The monoisotopic (exact) mass is 338 g/mol. The van der Waals surface area contributed by atoms with Crippen LogP contribution in [0.3, 0.4) is 0 Å². The third-order valence-corrected chi connectivity index (χ3v) is 4.76. The van der Waals surface area contributed by atoms with Crippen molar-refractivity contribution in [1.82, 2.24) is 0 Å². The maximum atomic E-state index is 13.4. The molecule has 0 amide bonds. The number of esters is 1. The minimum absolute atomic E-state index is 0.0455. The van der Waals surface area contributed by atoms with Gasteiger partial charge >= 0.3 is 5.97 Å². The van der Waals surface area contributed by atoms with E-state index in [0.717, 1.165) is 32.1 Å². The van der Waals surface area contributed by atoms with Crippen molar-refractivity contribution in [3.63, 3.8) is 0 Å². The van der Waals surface area contributed by atoms with E-state index in [1.807, 2.05) is 6.92 Å². The number of hydrogen-bond acceptors (Lipinski definition) is 3. The summed E-state index contributed by atoms with van der Waals surface area (Å²) in [5, 5.41) is -0.196. The maximum Gasteiger partial charge on any atom is 0.319 e. The smallest absolute Gasteiger partial charge is 0.319 e. The first kappa shape index (κ1) is 21.7. The molecule has 1 atom stereocenters. The van der Waals surface area contributed by atoms with E-state index in [0.29, 0.717) is 25.2 Å². The van der Waals surface area contributed by atoms with Crippen LogP contribution in [-0.2, 0) is 9.53 Å². The fourth-order valence-electron chi connectivity index (χ4n) is 2.19. The van der Waals surface area contributed by atoms with Gasteiger partial charge < -0.3 is 4.74 Å². The molecular weight excluding hydrogens is 306 g/mol. The average Bonchev–Trinajstić information content (AvgIpc) is 2.47. The summed E-state index contributed by atoms with van der Waals surface area (Å²) in [5.41, 5.74) is 0. The number of carbonyl (C=O) groups is 1. The Morgan fingerprint density at radius 2 is 1.77 bits per heavy atom. The van der Waals surface area contributed by atoms with Gasteiger partial charge in [-0.05, 0) is 25.0 Å². The van der Waals surface area contributed by atoms with Crippen LogP contribution in [0, 0.1) is 0 Å². The van der Waals surface area contributed by atoms with Crippen LogP contribution in [0.5, 0.6) is 0 Å². The molecule has 0 aliphatic heterocycles. The molecule has 0 aliphatic rings. The normalized spacial score (nSPS) is 13.1. The van der Waals surface area contributed by atoms with Crippen LogP contribution in [0.15, 0.2) is 0 Å². The zero-order chi connectivity index (χ0) is 16.8. The lowest BCUT2D eigenvalue weighted by Gasteiger charge is -2.17. The van der Waals surface area contributed by atoms with Crippen LogP contribution in [0.25, 0.3) is 0 Å². The molecule has 1 unspecified atom stereocenters. The molecule has 0 radical (unpaired) electrons. The van der Waals surface area contributed by atoms with Crippen LogP contribution in [-0.4, -0.2) is 29.5 Å². The van der Waals surface area contributed by atoms with Crippen molar-refractivity contribution in [2.24, 2.45) is 0 Å². The Morgan fingerprint density at radius 3 is 2.36 bits per heavy atom. The summed E-state index contributed by atoms with van der Waals surface area (Å²) in [6.07, 6.45) is 5.59. The summed E-state index contributed by atoms with van der Waals surface area (Å²) in [5.74, 6) is -2.14. The number of hydrogen-bond donors (Lipinski definition) is 0. The first-order chi connectivity index (χ1) is 10.5. The van der Waals surface area contributed by atoms with E-state index in [1.165, 1.54) is 11.8 Å². The molecule has 22 heavy (non-hydrogen) atoms. The van der Waals surface area contributed by atoms with Gasteiger partial charge in [0.25, 0.3) is 0 Å². The Morgan fingerprint density at radius 1 is 1.05 bits per heavy atom. The second kappa shape index (κ2) is 13.1. The highest BCUT2D eigenvalue weighted by Gasteiger charge is 2.27. The van der Waals surface area contributed by atoms with E-state index in [-0.39, 0.29) is 24.1 Å². The summed E-state index contributed by atoms with van der Waals surface area (Å²) in [6.45, 7) is 6.30. The molecule has 0 aromatic heterocycles. The SMILES string of the molecule is CCCCCC(SCCCC(F)(F)CCC)C(=O)OCCC. The van der Waals surface area contributed by atoms with Gasteiger partial charge in [0.1, 0.15) is 5.25 Å². The lowest BCUT2D eigenvalue weighted by molar-refractivity contribution is -0.143. The number of unbranched alkanes of at least 4 members (excludes halogenated alkanes) is 2. The molecule has 0 spiro atoms. The van der Waals surface area contributed by atoms with E-state index in [2.05, 4.69) is 6.92 Å². The van der Waals surface area contributed by atoms with Gasteiger partial charge in [-0.3, -0.25) is 4.79 Å². The zero-order valence-electron chi connectivity index (χ0n) is 14.3. The fraction of sp³-hybridized carbons (Fsp3) is 0.941. The molecule has 0 saturated carbocycles. The third kappa shape index (κ3) is 11.3. The van der Waals surface area contributed by atoms with Gasteiger partial charge in [0, 0.05) is 12.8 Å². The largest absolute Gasteiger partial charge is 0.465 e. The Hall–Kier alpha value is -0.320. The van der Waals surface area contributed by atoms with Crippen LogP contribution in [0.2, 0.25) is 0 Å². The molecule has 0 rings (SSSR count). The lowest BCUT2D eigenvalue weighted by atomic mass is 10.1. The van der Waals surface area contributed by atoms with Crippen molar-refractivity contribution >= 4 is 17.7 Å². The number of thioether (sulfide) groups is 1. The summed E-state index contributed by atoms with van der Waals surface area (Å²) >= 11 is 1.48. The minimum atomic E-state index is -2.56. The highest BCUT2D eigenvalue weighted by Crippen LogP contribution is 2.28. The fourth-order valence-corrected chi connectivity index (χ4v) is 3.32. The van der Waals surface area contributed by atoms with Crippen LogP contribution >= 0.6 is 11.8 Å². The van der Waals surface area contributed by atoms with Crippen molar-refractivity contribution in [1.29, 1.82) is 0 Å². The van der Waals surface area contributed by atoms with E-state index in [4.69, 9.17) is 4.74 Å². The molecule has 132 valence electrons. The molecule has 0 aromatic carbocycles. The average molecular weight is 339 g/mol. The van der Waals surface area contributed by atoms with Gasteiger partial charge in [0.05, 0.1) is 6.61 Å². The topological polar surface area (TPSA) is 26.3 Å². The van der Waals surface area contributed by atoms with Crippen LogP contribution < -0.4 is 0 Å². The molecule has 0 N–H and O–H groups in total. The van der Waals surface area contributed by atoms with Crippen LogP contribution in [0.4, 0.5) is 8.78 Å². The zero-order valence-corrected chi connectivity index (χ0v) is 15.2. The molecule has 5 heteroatoms. The molecule has 0 aliphatic carbocycles. The second-order valence-corrected chi connectivity index (χ2v) is 7.04. The van der Waals surface area contributed by atoms with Crippen molar-refractivity contribution < 1.29 is 18.3 Å². The number of alkyl halides is 2. The Labute approximate surface area is 138 Å². The molecule has 0 fully saturated rings. The van der Waals surface area contributed by atoms with Crippen molar-refractivity contribution in [3.05, 3.63) is 0 Å². The van der Waals surface area contributed by atoms with Gasteiger partial charge in [-0.25, -0.2) is 8.78 Å². The number of carbonyl (C=O) groups excluding carboxylic acids is 1. The highest BCUT2D eigenvalue weighted by molar-refractivity contribution is 8.00. The lowest BCUT2D eigenvalue weighted by Crippen LogP contribution is -2.22. The predicted molar refractivity (Wildman–Crippen MR) is 90.7 cm³/mol. The first-order valence-electron chi connectivity index (χ1n) is 8.62. The Kier molecular flexibility index (Phi) is 13.0. The maximum absolute atomic E-state index is 13.4. The highest BCUT2D eigenvalue weighted by atomic mass is 32.2. The molecular formula is C17H32F2O2S. The van der Waals surface area contributed by atoms with E-state index in [9.17, 15) is 13.6 Å². The van der Waals surface area contributed by atoms with Gasteiger partial charge in [0.15, 0.2) is 0 Å². The molecule has 0 bridgehead atoms. The van der Waals surface area contributed by atoms with Gasteiger partial charge in [0.2, 0.25) is 5.92 Å². The molecule has 0 heterocycles. The summed E-state index contributed by atoms with van der Waals surface area (Å²) < 4.78 is 32.1. The summed E-state index contributed by atoms with van der Waals surface area (Å²) in [6, 6.07) is 0. The van der Waals surface area contributed by atoms with Crippen molar-refractivity contribution in [2.75, 3.05) is 12.4 Å². The summed E-state index contributed by atoms with van der Waals surface area (Å²) in [4.78, 5) is 12.0. The molecule has 0 aromatic rings. The van der Waals surface area contributed by atoms with Crippen molar-refractivity contribution in [3.8, 4) is 0 Å². The summed E-state index contributed by atoms with van der Waals surface area (Å²) in [7, 11) is 0. The predicted octanol–water partition coefficient (Wildman–Crippen LogP) is 5.84. The number of ether oxygens (including phenoxy) is 1. The van der Waals surface area contributed by atoms with Gasteiger partial charge in [-0.15, -0.1) is 11.8 Å². The standard InChI is InChI=1S/C17H32F2O2S/c1-4-7-8-10-15(16(20)21-13-6-3)22-14-9-12-17(18,19)11-5-2/h15H,4-14H2,1-3H3. The quantitative estimate of drug-likeness (QED) is 0.294. The van der Waals surface area contributed by atoms with Crippen LogP contribution in [0.1, 0.15) is 78.6 Å². The Bertz CT molecular complexity index is 286. The molecule has 0 saturated heterocycles. The Balaban J connectivity index is 4.13. The minimum Gasteiger partial charge on any atom is -0.465 e. The number of rotatable bonds is 14. The van der Waals surface area contributed by atoms with E-state index in [1.54, 1.807) is 6.92 Å². The van der Waals surface area contributed by atoms with Gasteiger partial charge in [-0.2, -0.15) is 0 Å². The van der Waals surface area contributed by atoms with Crippen molar-refractivity contribution in [2.45, 2.75) is 89.7 Å². The molecule has 2 nitrogen and oxygen atoms in total. The number of halogens is 2. The van der Waals surface area contributed by atoms with E-state index < -0.39 is 5.92 Å². The first-order valence-corrected chi connectivity index (χ1v) is 9.67.